The maximum Gasteiger partial charge on any atom is 0.239 e. The van der Waals surface area contributed by atoms with E-state index in [4.69, 9.17) is 5.73 Å². The molecule has 0 fully saturated rings. The van der Waals surface area contributed by atoms with Crippen molar-refractivity contribution in [2.24, 2.45) is 5.73 Å². The van der Waals surface area contributed by atoms with E-state index in [1.165, 1.54) is 11.5 Å². The van der Waals surface area contributed by atoms with Gasteiger partial charge in [-0.25, -0.2) is 0 Å². The first-order valence-corrected chi connectivity index (χ1v) is 3.43. The first-order valence-electron chi connectivity index (χ1n) is 2.60. The highest BCUT2D eigenvalue weighted by Crippen LogP contribution is 2.01. The average molecular weight is 158 g/mol. The molecule has 1 heterocycles. The molecule has 1 rings (SSSR count). The van der Waals surface area contributed by atoms with Gasteiger partial charge < -0.3 is 11.1 Å². The van der Waals surface area contributed by atoms with Gasteiger partial charge in [-0.1, -0.05) is 4.49 Å². The minimum Gasteiger partial charge on any atom is -0.322 e. The third-order valence-corrected chi connectivity index (χ3v) is 1.32. The van der Waals surface area contributed by atoms with Crippen LogP contribution in [0.5, 0.6) is 0 Å². The third kappa shape index (κ3) is 1.74. The van der Waals surface area contributed by atoms with Crippen molar-refractivity contribution in [2.45, 2.75) is 0 Å². The Morgan fingerprint density at radius 1 is 1.90 bits per heavy atom. The van der Waals surface area contributed by atoms with Crippen LogP contribution in [0.15, 0.2) is 5.38 Å². The van der Waals surface area contributed by atoms with Gasteiger partial charge in [0.05, 0.1) is 11.9 Å². The molecule has 0 saturated heterocycles. The van der Waals surface area contributed by atoms with Crippen molar-refractivity contribution in [1.82, 2.24) is 9.59 Å². The molecule has 0 bridgehead atoms. The maximum absolute atomic E-state index is 10.6. The first-order chi connectivity index (χ1) is 4.83. The lowest BCUT2D eigenvalue weighted by Gasteiger charge is -1.94. The fourth-order valence-corrected chi connectivity index (χ4v) is 0.801. The van der Waals surface area contributed by atoms with E-state index < -0.39 is 0 Å². The highest BCUT2D eigenvalue weighted by molar-refractivity contribution is 7.03. The number of amides is 1. The smallest absolute Gasteiger partial charge is 0.239 e. The van der Waals surface area contributed by atoms with Gasteiger partial charge in [0.1, 0.15) is 0 Å². The Hall–Kier alpha value is -1.01. The highest BCUT2D eigenvalue weighted by Gasteiger charge is 1.99. The Morgan fingerprint density at radius 3 is 3.20 bits per heavy atom. The Morgan fingerprint density at radius 2 is 2.70 bits per heavy atom. The van der Waals surface area contributed by atoms with Gasteiger partial charge in [0.25, 0.3) is 0 Å². The summed E-state index contributed by atoms with van der Waals surface area (Å²) in [5.74, 6) is 0.202. The highest BCUT2D eigenvalue weighted by atomic mass is 32.1. The molecule has 1 aromatic rings. The lowest BCUT2D eigenvalue weighted by atomic mass is 10.6. The second-order valence-corrected chi connectivity index (χ2v) is 2.15. The minimum absolute atomic E-state index is 0.0302. The standard InChI is InChI=1S/C4H6N4OS/c5-1-4(9)6-3-2-10-8-7-3/h2H,1,5H2,(H,6,9). The van der Waals surface area contributed by atoms with E-state index in [-0.39, 0.29) is 12.5 Å². The van der Waals surface area contributed by atoms with Crippen molar-refractivity contribution >= 4 is 23.3 Å². The summed E-state index contributed by atoms with van der Waals surface area (Å²) in [5, 5.41) is 7.66. The number of hydrogen-bond acceptors (Lipinski definition) is 5. The number of nitrogens with zero attached hydrogens (tertiary/aromatic N) is 2. The molecule has 5 nitrogen and oxygen atoms in total. The molecule has 54 valence electrons. The summed E-state index contributed by atoms with van der Waals surface area (Å²) in [4.78, 5) is 10.6. The summed E-state index contributed by atoms with van der Waals surface area (Å²) in [5.41, 5.74) is 5.03. The van der Waals surface area contributed by atoms with Crippen molar-refractivity contribution in [3.63, 3.8) is 0 Å². The van der Waals surface area contributed by atoms with Crippen molar-refractivity contribution in [3.8, 4) is 0 Å². The molecule has 0 atom stereocenters. The number of aromatic nitrogens is 2. The van der Waals surface area contributed by atoms with Gasteiger partial charge in [-0.3, -0.25) is 4.79 Å². The Bertz CT molecular complexity index is 209. The van der Waals surface area contributed by atoms with Crippen LogP contribution in [0.25, 0.3) is 0 Å². The zero-order valence-corrected chi connectivity index (χ0v) is 5.89. The van der Waals surface area contributed by atoms with E-state index in [1.807, 2.05) is 0 Å². The van der Waals surface area contributed by atoms with Crippen LogP contribution in [0, 0.1) is 0 Å². The van der Waals surface area contributed by atoms with Crippen LogP contribution in [0.3, 0.4) is 0 Å². The zero-order chi connectivity index (χ0) is 7.40. The van der Waals surface area contributed by atoms with Crippen molar-refractivity contribution in [2.75, 3.05) is 11.9 Å². The number of anilines is 1. The molecule has 6 heteroatoms. The van der Waals surface area contributed by atoms with Crippen LogP contribution in [0.4, 0.5) is 5.82 Å². The molecule has 0 spiro atoms. The van der Waals surface area contributed by atoms with Gasteiger partial charge in [-0.2, -0.15) is 0 Å². The summed E-state index contributed by atoms with van der Waals surface area (Å²) in [6.07, 6.45) is 0. The SMILES string of the molecule is NCC(=O)Nc1csnn1. The van der Waals surface area contributed by atoms with E-state index in [0.29, 0.717) is 5.82 Å². The molecular weight excluding hydrogens is 152 g/mol. The van der Waals surface area contributed by atoms with Gasteiger partial charge in [0.15, 0.2) is 5.82 Å². The van der Waals surface area contributed by atoms with E-state index in [1.54, 1.807) is 5.38 Å². The predicted octanol–water partition coefficient (Wildman–Crippen LogP) is -0.565. The lowest BCUT2D eigenvalue weighted by Crippen LogP contribution is -2.21. The molecule has 0 radical (unpaired) electrons. The second-order valence-electron chi connectivity index (χ2n) is 1.54. The molecule has 0 aromatic carbocycles. The number of carbonyl (C=O) groups excluding carboxylic acids is 1. The van der Waals surface area contributed by atoms with E-state index in [9.17, 15) is 4.79 Å². The summed E-state index contributed by atoms with van der Waals surface area (Å²) < 4.78 is 3.55. The van der Waals surface area contributed by atoms with Crippen LogP contribution in [-0.4, -0.2) is 22.0 Å². The summed E-state index contributed by atoms with van der Waals surface area (Å²) in [7, 11) is 0. The summed E-state index contributed by atoms with van der Waals surface area (Å²) in [6.45, 7) is -0.0302. The summed E-state index contributed by atoms with van der Waals surface area (Å²) >= 11 is 1.18. The van der Waals surface area contributed by atoms with Gasteiger partial charge >= 0.3 is 0 Å². The number of hydrogen-bond donors (Lipinski definition) is 2. The van der Waals surface area contributed by atoms with Crippen molar-refractivity contribution < 1.29 is 4.79 Å². The van der Waals surface area contributed by atoms with Gasteiger partial charge in [-0.05, 0) is 11.5 Å². The number of rotatable bonds is 2. The fraction of sp³-hybridized carbons (Fsp3) is 0.250. The molecule has 0 unspecified atom stereocenters. The lowest BCUT2D eigenvalue weighted by molar-refractivity contribution is -0.114. The van der Waals surface area contributed by atoms with Crippen LogP contribution in [-0.2, 0) is 4.79 Å². The number of carbonyl (C=O) groups is 1. The number of nitrogens with one attached hydrogen (secondary N) is 1. The zero-order valence-electron chi connectivity index (χ0n) is 5.07. The molecule has 1 aromatic heterocycles. The number of nitrogens with two attached hydrogens (primary N) is 1. The Kier molecular flexibility index (Phi) is 2.30. The molecule has 0 aliphatic carbocycles. The monoisotopic (exact) mass is 158 g/mol. The van der Waals surface area contributed by atoms with E-state index in [0.717, 1.165) is 0 Å². The topological polar surface area (TPSA) is 80.9 Å². The third-order valence-electron chi connectivity index (χ3n) is 0.813. The summed E-state index contributed by atoms with van der Waals surface area (Å²) in [6, 6.07) is 0. The minimum atomic E-state index is -0.257. The average Bonchev–Trinajstić information content (AvgIpc) is 2.40. The van der Waals surface area contributed by atoms with Crippen LogP contribution >= 0.6 is 11.5 Å². The fourth-order valence-electron chi connectivity index (χ4n) is 0.413. The van der Waals surface area contributed by atoms with Gasteiger partial charge in [-0.15, -0.1) is 5.10 Å². The molecule has 0 aliphatic rings. The van der Waals surface area contributed by atoms with E-state index in [2.05, 4.69) is 14.9 Å². The normalized spacial score (nSPS) is 9.30. The van der Waals surface area contributed by atoms with E-state index >= 15 is 0 Å². The quantitative estimate of drug-likeness (QED) is 0.604. The molecule has 10 heavy (non-hydrogen) atoms. The molecule has 1 amide bonds. The van der Waals surface area contributed by atoms with Gasteiger partial charge in [0.2, 0.25) is 5.91 Å². The first kappa shape index (κ1) is 7.10. The molecular formula is C4H6N4OS. The molecule has 0 saturated carbocycles. The maximum atomic E-state index is 10.6. The predicted molar refractivity (Wildman–Crippen MR) is 37.6 cm³/mol. The van der Waals surface area contributed by atoms with Crippen LogP contribution in [0.2, 0.25) is 0 Å². The van der Waals surface area contributed by atoms with Crippen LogP contribution < -0.4 is 11.1 Å². The Labute approximate surface area is 61.4 Å². The molecule has 0 aliphatic heterocycles. The Balaban J connectivity index is 2.48. The van der Waals surface area contributed by atoms with Gasteiger partial charge in [0, 0.05) is 0 Å². The van der Waals surface area contributed by atoms with Crippen molar-refractivity contribution in [3.05, 3.63) is 5.38 Å². The van der Waals surface area contributed by atoms with Crippen LogP contribution in [0.1, 0.15) is 0 Å². The molecule has 3 N–H and O–H groups in total. The second kappa shape index (κ2) is 3.23. The van der Waals surface area contributed by atoms with Crippen molar-refractivity contribution in [1.29, 1.82) is 0 Å². The largest absolute Gasteiger partial charge is 0.322 e.